The second kappa shape index (κ2) is 15.1. The molecule has 0 atom stereocenters. The molecule has 0 bridgehead atoms. The van der Waals surface area contributed by atoms with E-state index >= 15 is 0 Å². The van der Waals surface area contributed by atoms with Gasteiger partial charge in [-0.2, -0.15) is 0 Å². The van der Waals surface area contributed by atoms with Crippen molar-refractivity contribution in [3.05, 3.63) is 173 Å². The van der Waals surface area contributed by atoms with Crippen molar-refractivity contribution < 1.29 is 0 Å². The summed E-state index contributed by atoms with van der Waals surface area (Å²) in [5.74, 6) is 0.315. The number of benzene rings is 7. The third-order valence-electron chi connectivity index (χ3n) is 14.7. The van der Waals surface area contributed by atoms with Gasteiger partial charge in [0.05, 0.1) is 5.69 Å². The molecular formula is C62H67BN2. The summed E-state index contributed by atoms with van der Waals surface area (Å²) < 4.78 is 0. The van der Waals surface area contributed by atoms with Gasteiger partial charge in [-0.25, -0.2) is 0 Å². The van der Waals surface area contributed by atoms with E-state index in [2.05, 4.69) is 239 Å². The van der Waals surface area contributed by atoms with E-state index in [0.29, 0.717) is 5.92 Å². The highest BCUT2D eigenvalue weighted by molar-refractivity contribution is 7.00. The number of hydrogen-bond acceptors (Lipinski definition) is 2. The van der Waals surface area contributed by atoms with E-state index in [9.17, 15) is 0 Å². The monoisotopic (exact) mass is 851 g/mol. The van der Waals surface area contributed by atoms with Crippen molar-refractivity contribution in [2.24, 2.45) is 5.41 Å². The SMILES string of the molecule is CC(C)c1cc2c3c(c1)N(c1ccc(C(C)(C)C)cc1-c1ccccc1-c1ccccc1)c1cc4c(cc1B3c1cc(C(C)(C)C)ccc1N2c1ccc(C(C)(C)C)cc1)CC(C)(C)C4. The summed E-state index contributed by atoms with van der Waals surface area (Å²) in [5, 5.41) is 0. The lowest BCUT2D eigenvalue weighted by molar-refractivity contribution is 0.392. The Morgan fingerprint density at radius 1 is 0.462 bits per heavy atom. The van der Waals surface area contributed by atoms with Crippen molar-refractivity contribution in [2.75, 3.05) is 9.80 Å². The minimum Gasteiger partial charge on any atom is -0.311 e. The summed E-state index contributed by atoms with van der Waals surface area (Å²) in [6.07, 6.45) is 2.17. The van der Waals surface area contributed by atoms with E-state index < -0.39 is 0 Å². The second-order valence-electron chi connectivity index (χ2n) is 23.6. The van der Waals surface area contributed by atoms with Crippen LogP contribution < -0.4 is 26.2 Å². The third-order valence-corrected chi connectivity index (χ3v) is 14.7. The van der Waals surface area contributed by atoms with Crippen LogP contribution in [0.25, 0.3) is 22.3 Å². The van der Waals surface area contributed by atoms with Crippen LogP contribution >= 0.6 is 0 Å². The summed E-state index contributed by atoms with van der Waals surface area (Å²) in [5.41, 5.74) is 25.3. The number of nitrogens with zero attached hydrogens (tertiary/aromatic N) is 2. The van der Waals surface area contributed by atoms with Crippen molar-refractivity contribution in [2.45, 2.75) is 125 Å². The summed E-state index contributed by atoms with van der Waals surface area (Å²) >= 11 is 0. The average Bonchev–Trinajstić information content (AvgIpc) is 3.57. The maximum Gasteiger partial charge on any atom is 0.252 e. The first-order chi connectivity index (χ1) is 30.7. The molecule has 0 amide bonds. The molecule has 1 aliphatic carbocycles. The van der Waals surface area contributed by atoms with Gasteiger partial charge in [-0.05, 0) is 155 Å². The van der Waals surface area contributed by atoms with E-state index in [1.807, 2.05) is 0 Å². The number of fused-ring (bicyclic) bond motifs is 5. The molecule has 65 heavy (non-hydrogen) atoms. The molecule has 0 unspecified atom stereocenters. The minimum atomic E-state index is -0.0412. The predicted molar refractivity (Wildman–Crippen MR) is 283 cm³/mol. The van der Waals surface area contributed by atoms with Gasteiger partial charge in [-0.1, -0.05) is 181 Å². The minimum absolute atomic E-state index is 0.0137. The Morgan fingerprint density at radius 3 is 1.60 bits per heavy atom. The molecule has 0 N–H and O–H groups in total. The maximum absolute atomic E-state index is 2.70. The number of rotatable bonds is 5. The Labute approximate surface area is 390 Å². The average molecular weight is 851 g/mol. The van der Waals surface area contributed by atoms with Crippen LogP contribution in [0.1, 0.15) is 129 Å². The quantitative estimate of drug-likeness (QED) is 0.159. The smallest absolute Gasteiger partial charge is 0.252 e. The van der Waals surface area contributed by atoms with Gasteiger partial charge >= 0.3 is 0 Å². The fourth-order valence-electron chi connectivity index (χ4n) is 11.0. The molecule has 0 spiro atoms. The topological polar surface area (TPSA) is 6.48 Å². The molecule has 3 heteroatoms. The zero-order chi connectivity index (χ0) is 46.0. The molecule has 3 aliphatic rings. The first kappa shape index (κ1) is 43.1. The van der Waals surface area contributed by atoms with Crippen LogP contribution in [0.5, 0.6) is 0 Å². The van der Waals surface area contributed by atoms with Crippen molar-refractivity contribution in [3.8, 4) is 22.3 Å². The highest BCUT2D eigenvalue weighted by Crippen LogP contribution is 2.51. The first-order valence-electron chi connectivity index (χ1n) is 24.2. The molecule has 2 nitrogen and oxygen atoms in total. The fourth-order valence-corrected chi connectivity index (χ4v) is 11.0. The van der Waals surface area contributed by atoms with Crippen LogP contribution in [-0.4, -0.2) is 6.71 Å². The Hall–Kier alpha value is -5.80. The molecule has 0 radical (unpaired) electrons. The fraction of sp³-hybridized carbons (Fsp3) is 0.323. The molecule has 2 heterocycles. The van der Waals surface area contributed by atoms with Crippen LogP contribution in [0.4, 0.5) is 34.1 Å². The molecule has 0 fully saturated rings. The van der Waals surface area contributed by atoms with Crippen LogP contribution in [0, 0.1) is 5.41 Å². The van der Waals surface area contributed by atoms with E-state index in [4.69, 9.17) is 0 Å². The Balaban J connectivity index is 1.34. The molecule has 7 aromatic rings. The van der Waals surface area contributed by atoms with E-state index in [1.54, 1.807) is 0 Å². The van der Waals surface area contributed by atoms with Gasteiger partial charge in [0.1, 0.15) is 0 Å². The predicted octanol–water partition coefficient (Wildman–Crippen LogP) is 15.2. The van der Waals surface area contributed by atoms with Gasteiger partial charge in [0.2, 0.25) is 0 Å². The van der Waals surface area contributed by atoms with Crippen molar-refractivity contribution in [3.63, 3.8) is 0 Å². The number of anilines is 6. The molecule has 7 aromatic carbocycles. The zero-order valence-electron chi connectivity index (χ0n) is 41.2. The van der Waals surface area contributed by atoms with Gasteiger partial charge < -0.3 is 9.80 Å². The van der Waals surface area contributed by atoms with E-state index in [-0.39, 0.29) is 28.4 Å². The summed E-state index contributed by atoms with van der Waals surface area (Å²) in [7, 11) is 0. The van der Waals surface area contributed by atoms with Crippen molar-refractivity contribution in [1.29, 1.82) is 0 Å². The lowest BCUT2D eigenvalue weighted by Crippen LogP contribution is -2.61. The molecular weight excluding hydrogens is 784 g/mol. The van der Waals surface area contributed by atoms with Crippen LogP contribution in [0.15, 0.2) is 140 Å². The van der Waals surface area contributed by atoms with Crippen LogP contribution in [0.3, 0.4) is 0 Å². The lowest BCUT2D eigenvalue weighted by Gasteiger charge is -2.45. The first-order valence-corrected chi connectivity index (χ1v) is 24.2. The van der Waals surface area contributed by atoms with Gasteiger partial charge in [0.15, 0.2) is 0 Å². The second-order valence-corrected chi connectivity index (χ2v) is 23.6. The Bertz CT molecular complexity index is 2990. The van der Waals surface area contributed by atoms with Crippen molar-refractivity contribution in [1.82, 2.24) is 0 Å². The van der Waals surface area contributed by atoms with E-state index in [1.165, 1.54) is 106 Å². The summed E-state index contributed by atoms with van der Waals surface area (Å²) in [6, 6.07) is 54.5. The maximum atomic E-state index is 2.70. The highest BCUT2D eigenvalue weighted by atomic mass is 15.2. The lowest BCUT2D eigenvalue weighted by atomic mass is 9.33. The molecule has 0 saturated heterocycles. The summed E-state index contributed by atoms with van der Waals surface area (Å²) in [6.45, 7) is 30.7. The van der Waals surface area contributed by atoms with Crippen LogP contribution in [0.2, 0.25) is 0 Å². The molecule has 2 aliphatic heterocycles. The van der Waals surface area contributed by atoms with Crippen LogP contribution in [-0.2, 0) is 29.1 Å². The Kier molecular flexibility index (Phi) is 10.0. The summed E-state index contributed by atoms with van der Waals surface area (Å²) in [4.78, 5) is 5.30. The molecule has 0 aromatic heterocycles. The molecule has 10 rings (SSSR count). The van der Waals surface area contributed by atoms with E-state index in [0.717, 1.165) is 12.8 Å². The highest BCUT2D eigenvalue weighted by Gasteiger charge is 2.46. The molecule has 0 saturated carbocycles. The van der Waals surface area contributed by atoms with Gasteiger partial charge in [0.25, 0.3) is 6.71 Å². The Morgan fingerprint density at radius 2 is 0.985 bits per heavy atom. The van der Waals surface area contributed by atoms with Gasteiger partial charge in [0, 0.05) is 34.0 Å². The van der Waals surface area contributed by atoms with Crippen molar-refractivity contribution >= 4 is 57.2 Å². The molecule has 328 valence electrons. The standard InChI is InChI=1S/C62H67BN2/c1-39(2)41-32-56-58-57(33-41)65(53-29-25-45(60(6,7)8)35-50(53)49-22-18-17-21-48(49)40-19-15-14-16-20-40)55-34-43-38-62(12,13)37-42(43)31-51(55)63(58)52-36-46(61(9,10)11)26-30-54(52)64(56)47-27-23-44(24-28-47)59(3,4)5/h14-36,39H,37-38H2,1-13H3. The third kappa shape index (κ3) is 7.44. The normalized spacial score (nSPS) is 15.2. The van der Waals surface area contributed by atoms with Gasteiger partial charge in [-0.3, -0.25) is 0 Å². The number of hydrogen-bond donors (Lipinski definition) is 0. The zero-order valence-corrected chi connectivity index (χ0v) is 41.2. The largest absolute Gasteiger partial charge is 0.311 e. The van der Waals surface area contributed by atoms with Gasteiger partial charge in [-0.15, -0.1) is 0 Å².